The first-order valence-corrected chi connectivity index (χ1v) is 9.47. The molecule has 2 N–H and O–H groups in total. The summed E-state index contributed by atoms with van der Waals surface area (Å²) >= 11 is 1.79. The maximum absolute atomic E-state index is 5.60. The molecule has 0 bridgehead atoms. The van der Waals surface area contributed by atoms with Crippen molar-refractivity contribution in [3.05, 3.63) is 63.7 Å². The summed E-state index contributed by atoms with van der Waals surface area (Å²) < 4.78 is 5.60. The Hall–Kier alpha value is -2.60. The zero-order valence-electron chi connectivity index (χ0n) is 15.4. The summed E-state index contributed by atoms with van der Waals surface area (Å²) in [7, 11) is 1.78. The van der Waals surface area contributed by atoms with Crippen LogP contribution in [0, 0.1) is 13.8 Å². The van der Waals surface area contributed by atoms with E-state index in [0.717, 1.165) is 36.7 Å². The Morgan fingerprint density at radius 2 is 1.92 bits per heavy atom. The van der Waals surface area contributed by atoms with Gasteiger partial charge in [-0.1, -0.05) is 17.7 Å². The van der Waals surface area contributed by atoms with E-state index in [2.05, 4.69) is 58.7 Å². The molecule has 0 aliphatic heterocycles. The van der Waals surface area contributed by atoms with Crippen LogP contribution < -0.4 is 10.6 Å². The van der Waals surface area contributed by atoms with Gasteiger partial charge in [-0.25, -0.2) is 4.98 Å². The zero-order chi connectivity index (χ0) is 18.4. The van der Waals surface area contributed by atoms with E-state index < -0.39 is 0 Å². The first-order valence-electron chi connectivity index (χ1n) is 8.65. The van der Waals surface area contributed by atoms with Gasteiger partial charge in [0.1, 0.15) is 6.26 Å². The van der Waals surface area contributed by atoms with Crippen LogP contribution in [0.4, 0.5) is 0 Å². The summed E-state index contributed by atoms with van der Waals surface area (Å²) in [6, 6.07) is 12.5. The number of aromatic nitrogens is 1. The third-order valence-corrected chi connectivity index (χ3v) is 4.97. The third kappa shape index (κ3) is 4.95. The van der Waals surface area contributed by atoms with E-state index in [1.54, 1.807) is 24.6 Å². The fraction of sp³-hybridized carbons (Fsp3) is 0.300. The maximum Gasteiger partial charge on any atom is 0.226 e. The van der Waals surface area contributed by atoms with Crippen LogP contribution >= 0.6 is 11.3 Å². The first-order chi connectivity index (χ1) is 12.6. The molecule has 0 amide bonds. The minimum Gasteiger partial charge on any atom is -0.444 e. The Morgan fingerprint density at radius 3 is 2.62 bits per heavy atom. The fourth-order valence-electron chi connectivity index (χ4n) is 2.53. The van der Waals surface area contributed by atoms with Crippen LogP contribution in [0.25, 0.3) is 11.5 Å². The number of rotatable bonds is 6. The smallest absolute Gasteiger partial charge is 0.226 e. The summed E-state index contributed by atoms with van der Waals surface area (Å²) in [6.45, 7) is 5.70. The minimum absolute atomic E-state index is 0.663. The van der Waals surface area contributed by atoms with Crippen molar-refractivity contribution in [3.8, 4) is 11.5 Å². The van der Waals surface area contributed by atoms with Crippen LogP contribution in [-0.4, -0.2) is 24.5 Å². The highest BCUT2D eigenvalue weighted by atomic mass is 32.1. The second-order valence-electron chi connectivity index (χ2n) is 6.12. The van der Waals surface area contributed by atoms with Gasteiger partial charge in [-0.3, -0.25) is 4.99 Å². The van der Waals surface area contributed by atoms with Gasteiger partial charge < -0.3 is 15.1 Å². The van der Waals surface area contributed by atoms with Crippen molar-refractivity contribution in [3.63, 3.8) is 0 Å². The Bertz CT molecular complexity index is 864. The van der Waals surface area contributed by atoms with Crippen LogP contribution in [0.3, 0.4) is 0 Å². The quantitative estimate of drug-likeness (QED) is 0.511. The van der Waals surface area contributed by atoms with Gasteiger partial charge in [-0.15, -0.1) is 11.3 Å². The maximum atomic E-state index is 5.60. The molecule has 136 valence electrons. The van der Waals surface area contributed by atoms with Gasteiger partial charge in [0.2, 0.25) is 5.89 Å². The topological polar surface area (TPSA) is 62.5 Å². The second kappa shape index (κ2) is 8.67. The summed E-state index contributed by atoms with van der Waals surface area (Å²) in [5.41, 5.74) is 3.15. The van der Waals surface area contributed by atoms with Crippen molar-refractivity contribution < 1.29 is 4.42 Å². The SMILES string of the molecule is CN=C(NCCc1coc(-c2ccc(C)cc2)n1)NCc1ccc(C)s1. The fourth-order valence-corrected chi connectivity index (χ4v) is 3.36. The molecule has 6 heteroatoms. The van der Waals surface area contributed by atoms with E-state index in [9.17, 15) is 0 Å². The Morgan fingerprint density at radius 1 is 1.12 bits per heavy atom. The molecule has 0 saturated heterocycles. The van der Waals surface area contributed by atoms with E-state index in [1.807, 2.05) is 12.1 Å². The van der Waals surface area contributed by atoms with Gasteiger partial charge in [-0.2, -0.15) is 0 Å². The highest BCUT2D eigenvalue weighted by Gasteiger charge is 2.07. The van der Waals surface area contributed by atoms with Gasteiger partial charge in [0.25, 0.3) is 0 Å². The molecule has 2 aromatic heterocycles. The van der Waals surface area contributed by atoms with Crippen molar-refractivity contribution in [1.82, 2.24) is 15.6 Å². The number of oxazole rings is 1. The number of nitrogens with zero attached hydrogens (tertiary/aromatic N) is 2. The molecular formula is C20H24N4OS. The summed E-state index contributed by atoms with van der Waals surface area (Å²) in [5, 5.41) is 6.64. The molecule has 0 radical (unpaired) electrons. The number of aryl methyl sites for hydroxylation is 2. The van der Waals surface area contributed by atoms with Crippen LogP contribution in [0.15, 0.2) is 52.1 Å². The standard InChI is InChI=1S/C20H24N4OS/c1-14-4-7-16(8-5-14)19-24-17(13-25-19)10-11-22-20(21-3)23-12-18-9-6-15(2)26-18/h4-9,13H,10-12H2,1-3H3,(H2,21,22,23). The van der Waals surface area contributed by atoms with E-state index in [0.29, 0.717) is 5.89 Å². The molecule has 26 heavy (non-hydrogen) atoms. The van der Waals surface area contributed by atoms with Crippen molar-refractivity contribution in [2.24, 2.45) is 4.99 Å². The van der Waals surface area contributed by atoms with Crippen molar-refractivity contribution >= 4 is 17.3 Å². The molecule has 0 fully saturated rings. The molecule has 0 saturated carbocycles. The van der Waals surface area contributed by atoms with Crippen molar-refractivity contribution in [1.29, 1.82) is 0 Å². The number of nitrogens with one attached hydrogen (secondary N) is 2. The summed E-state index contributed by atoms with van der Waals surface area (Å²) in [4.78, 5) is 11.4. The molecule has 5 nitrogen and oxygen atoms in total. The number of hydrogen-bond donors (Lipinski definition) is 2. The van der Waals surface area contributed by atoms with Crippen LogP contribution in [0.1, 0.15) is 21.0 Å². The van der Waals surface area contributed by atoms with E-state index >= 15 is 0 Å². The monoisotopic (exact) mass is 368 g/mol. The molecule has 0 aliphatic rings. The Kier molecular flexibility index (Phi) is 6.07. The highest BCUT2D eigenvalue weighted by Crippen LogP contribution is 2.19. The van der Waals surface area contributed by atoms with Gasteiger partial charge >= 0.3 is 0 Å². The lowest BCUT2D eigenvalue weighted by molar-refractivity contribution is 0.572. The van der Waals surface area contributed by atoms with E-state index in [1.165, 1.54) is 15.3 Å². The van der Waals surface area contributed by atoms with Gasteiger partial charge in [0.05, 0.1) is 12.2 Å². The lowest BCUT2D eigenvalue weighted by Crippen LogP contribution is -2.37. The highest BCUT2D eigenvalue weighted by molar-refractivity contribution is 7.11. The lowest BCUT2D eigenvalue weighted by atomic mass is 10.1. The first kappa shape index (κ1) is 18.2. The molecular weight excluding hydrogens is 344 g/mol. The number of hydrogen-bond acceptors (Lipinski definition) is 4. The van der Waals surface area contributed by atoms with Crippen LogP contribution in [0.5, 0.6) is 0 Å². The molecule has 0 aliphatic carbocycles. The zero-order valence-corrected chi connectivity index (χ0v) is 16.2. The second-order valence-corrected chi connectivity index (χ2v) is 7.50. The van der Waals surface area contributed by atoms with Crippen LogP contribution in [-0.2, 0) is 13.0 Å². The molecule has 0 unspecified atom stereocenters. The van der Waals surface area contributed by atoms with Gasteiger partial charge in [0, 0.05) is 35.3 Å². The predicted octanol–water partition coefficient (Wildman–Crippen LogP) is 3.93. The Labute approximate surface area is 158 Å². The van der Waals surface area contributed by atoms with Crippen LogP contribution in [0.2, 0.25) is 0 Å². The molecule has 0 atom stereocenters. The number of guanidine groups is 1. The average Bonchev–Trinajstić information content (AvgIpc) is 3.28. The molecule has 2 heterocycles. The lowest BCUT2D eigenvalue weighted by Gasteiger charge is -2.10. The molecule has 3 rings (SSSR count). The number of thiophene rings is 1. The van der Waals surface area contributed by atoms with E-state index in [4.69, 9.17) is 4.42 Å². The van der Waals surface area contributed by atoms with E-state index in [-0.39, 0.29) is 0 Å². The van der Waals surface area contributed by atoms with Gasteiger partial charge in [-0.05, 0) is 38.1 Å². The third-order valence-electron chi connectivity index (χ3n) is 3.97. The number of aliphatic imine (C=N–C) groups is 1. The van der Waals surface area contributed by atoms with Crippen molar-refractivity contribution in [2.45, 2.75) is 26.8 Å². The Balaban J connectivity index is 1.47. The summed E-state index contributed by atoms with van der Waals surface area (Å²) in [6.07, 6.45) is 2.50. The molecule has 0 spiro atoms. The average molecular weight is 369 g/mol. The largest absolute Gasteiger partial charge is 0.444 e. The van der Waals surface area contributed by atoms with Gasteiger partial charge in [0.15, 0.2) is 5.96 Å². The molecule has 1 aromatic carbocycles. The predicted molar refractivity (Wildman–Crippen MR) is 108 cm³/mol. The number of benzene rings is 1. The van der Waals surface area contributed by atoms with Crippen molar-refractivity contribution in [2.75, 3.05) is 13.6 Å². The molecule has 3 aromatic rings. The minimum atomic E-state index is 0.663. The normalized spacial score (nSPS) is 11.6. The summed E-state index contributed by atoms with van der Waals surface area (Å²) in [5.74, 6) is 1.45.